The van der Waals surface area contributed by atoms with Crippen molar-refractivity contribution >= 4 is 11.7 Å². The van der Waals surface area contributed by atoms with E-state index in [1.165, 1.54) is 57.8 Å². The highest BCUT2D eigenvalue weighted by atomic mass is 16.7. The molecule has 12 nitrogen and oxygen atoms in total. The standard InChI is InChI=1S/C49H91NO11/c1-3-5-7-9-10-11-12-13-14-17-20-23-27-31-35-41(53)44(55)40(38-60-49-47(58)46(57)45(56)43(37-51)61-49)50-48(59)42(54)36-32-28-24-21-18-15-16-19-22-26-30-34-39(52)33-29-25-8-6-4-2/h11-12,29,33,40-47,49,51,53-58H,3-10,13-28,30-32,34-38H2,1-2H3,(H,50,59)/b12-11-,33-29+/t40-,41+,42+,43+,44-,45+,46-,47+,49+/m0/s1. The summed E-state index contributed by atoms with van der Waals surface area (Å²) in [7, 11) is 0. The number of unbranched alkanes of at least 4 members (excludes halogenated alkanes) is 23. The van der Waals surface area contributed by atoms with Crippen molar-refractivity contribution in [3.05, 3.63) is 24.3 Å². The second kappa shape index (κ2) is 38.7. The predicted octanol–water partition coefficient (Wildman–Crippen LogP) is 7.79. The highest BCUT2D eigenvalue weighted by molar-refractivity contribution is 5.89. The molecule has 1 saturated heterocycles. The Kier molecular flexibility index (Phi) is 36.3. The van der Waals surface area contributed by atoms with Gasteiger partial charge in [0.05, 0.1) is 25.4 Å². The van der Waals surface area contributed by atoms with E-state index in [1.807, 2.05) is 6.08 Å². The number of allylic oxidation sites excluding steroid dienone is 4. The minimum absolute atomic E-state index is 0.233. The van der Waals surface area contributed by atoms with E-state index in [2.05, 4.69) is 31.3 Å². The number of nitrogens with one attached hydrogen (secondary N) is 1. The summed E-state index contributed by atoms with van der Waals surface area (Å²) in [6.07, 6.45) is 27.3. The third-order valence-corrected chi connectivity index (χ3v) is 11.9. The van der Waals surface area contributed by atoms with Gasteiger partial charge in [-0.15, -0.1) is 0 Å². The molecule has 0 bridgehead atoms. The van der Waals surface area contributed by atoms with Gasteiger partial charge in [0, 0.05) is 6.42 Å². The SMILES string of the molecule is CCCCC/C=C/C(=O)CCCCCCCCCCCCC[C@@H](O)C(=O)N[C@@H](CO[C@@H]1O[C@H](CO)[C@@H](O)[C@H](O)[C@H]1O)[C@H](O)[C@H](O)CCCCCCCC/C=C\CCCCCC. The lowest BCUT2D eigenvalue weighted by atomic mass is 9.98. The van der Waals surface area contributed by atoms with E-state index in [4.69, 9.17) is 9.47 Å². The van der Waals surface area contributed by atoms with Crippen LogP contribution >= 0.6 is 0 Å². The van der Waals surface area contributed by atoms with Gasteiger partial charge in [-0.3, -0.25) is 9.59 Å². The van der Waals surface area contributed by atoms with Gasteiger partial charge < -0.3 is 50.5 Å². The molecule has 9 atom stereocenters. The molecule has 358 valence electrons. The third kappa shape index (κ3) is 28.6. The zero-order valence-electron chi connectivity index (χ0n) is 38.4. The average molecular weight is 870 g/mol. The highest BCUT2D eigenvalue weighted by Crippen LogP contribution is 2.23. The molecule has 12 heteroatoms. The number of hydrogen-bond donors (Lipinski definition) is 8. The van der Waals surface area contributed by atoms with E-state index in [0.717, 1.165) is 103 Å². The van der Waals surface area contributed by atoms with Crippen LogP contribution in [0.3, 0.4) is 0 Å². The quantitative estimate of drug-likeness (QED) is 0.0169. The van der Waals surface area contributed by atoms with Crippen molar-refractivity contribution in [2.24, 2.45) is 0 Å². The smallest absolute Gasteiger partial charge is 0.249 e. The molecule has 0 aromatic carbocycles. The number of aliphatic hydroxyl groups excluding tert-OH is 7. The summed E-state index contributed by atoms with van der Waals surface area (Å²) >= 11 is 0. The van der Waals surface area contributed by atoms with Gasteiger partial charge in [-0.2, -0.15) is 0 Å². The molecule has 0 aromatic rings. The third-order valence-electron chi connectivity index (χ3n) is 11.9. The molecule has 8 N–H and O–H groups in total. The van der Waals surface area contributed by atoms with Crippen LogP contribution in [0.15, 0.2) is 24.3 Å². The molecular formula is C49H91NO11. The molecule has 1 amide bonds. The number of aliphatic hydroxyl groups is 7. The second-order valence-electron chi connectivity index (χ2n) is 17.5. The Balaban J connectivity index is 2.42. The minimum Gasteiger partial charge on any atom is -0.394 e. The Morgan fingerprint density at radius 3 is 1.66 bits per heavy atom. The molecule has 1 aliphatic heterocycles. The molecule has 1 aliphatic rings. The van der Waals surface area contributed by atoms with Gasteiger partial charge in [-0.1, -0.05) is 160 Å². The zero-order chi connectivity index (χ0) is 44.9. The minimum atomic E-state index is -1.67. The number of carbonyl (C=O) groups is 2. The van der Waals surface area contributed by atoms with Crippen molar-refractivity contribution in [2.75, 3.05) is 13.2 Å². The van der Waals surface area contributed by atoms with Crippen molar-refractivity contribution < 1.29 is 54.8 Å². The Morgan fingerprint density at radius 2 is 1.08 bits per heavy atom. The molecule has 0 unspecified atom stereocenters. The summed E-state index contributed by atoms with van der Waals surface area (Å²) in [5.41, 5.74) is 0. The number of carbonyl (C=O) groups excluding carboxylic acids is 2. The summed E-state index contributed by atoms with van der Waals surface area (Å²) in [4.78, 5) is 25.1. The molecule has 0 spiro atoms. The molecule has 1 heterocycles. The summed E-state index contributed by atoms with van der Waals surface area (Å²) < 4.78 is 11.1. The molecule has 0 radical (unpaired) electrons. The van der Waals surface area contributed by atoms with Crippen LogP contribution in [0.4, 0.5) is 0 Å². The maximum atomic E-state index is 13.1. The first-order chi connectivity index (χ1) is 29.6. The Morgan fingerprint density at radius 1 is 0.607 bits per heavy atom. The number of rotatable bonds is 41. The number of hydrogen-bond acceptors (Lipinski definition) is 11. The van der Waals surface area contributed by atoms with E-state index in [9.17, 15) is 45.3 Å². The Hall–Kier alpha value is -1.74. The summed E-state index contributed by atoms with van der Waals surface area (Å²) in [5.74, 6) is -0.477. The summed E-state index contributed by atoms with van der Waals surface area (Å²) in [5, 5.41) is 75.7. The molecular weight excluding hydrogens is 779 g/mol. The fourth-order valence-electron chi connectivity index (χ4n) is 7.76. The first kappa shape index (κ1) is 57.3. The maximum Gasteiger partial charge on any atom is 0.249 e. The van der Waals surface area contributed by atoms with Crippen LogP contribution in [0, 0.1) is 0 Å². The maximum absolute atomic E-state index is 13.1. The van der Waals surface area contributed by atoms with Crippen molar-refractivity contribution in [2.45, 2.75) is 262 Å². The van der Waals surface area contributed by atoms with E-state index >= 15 is 0 Å². The van der Waals surface area contributed by atoms with Gasteiger partial charge in [-0.05, 0) is 63.9 Å². The largest absolute Gasteiger partial charge is 0.394 e. The first-order valence-corrected chi connectivity index (χ1v) is 24.7. The van der Waals surface area contributed by atoms with Gasteiger partial charge in [0.2, 0.25) is 5.91 Å². The van der Waals surface area contributed by atoms with Crippen LogP contribution < -0.4 is 5.32 Å². The zero-order valence-corrected chi connectivity index (χ0v) is 38.4. The van der Waals surface area contributed by atoms with Crippen LogP contribution in [0.2, 0.25) is 0 Å². The molecule has 1 rings (SSSR count). The second-order valence-corrected chi connectivity index (χ2v) is 17.5. The lowest BCUT2D eigenvalue weighted by molar-refractivity contribution is -0.303. The van der Waals surface area contributed by atoms with E-state index in [0.29, 0.717) is 19.3 Å². The van der Waals surface area contributed by atoms with Gasteiger partial charge in [0.25, 0.3) is 0 Å². The molecule has 0 aromatic heterocycles. The van der Waals surface area contributed by atoms with Crippen LogP contribution in [-0.2, 0) is 19.1 Å². The van der Waals surface area contributed by atoms with E-state index in [-0.39, 0.29) is 18.6 Å². The van der Waals surface area contributed by atoms with E-state index < -0.39 is 74.2 Å². The van der Waals surface area contributed by atoms with Crippen molar-refractivity contribution in [1.82, 2.24) is 5.32 Å². The van der Waals surface area contributed by atoms with E-state index in [1.54, 1.807) is 6.08 Å². The van der Waals surface area contributed by atoms with Crippen LogP contribution in [0.1, 0.15) is 206 Å². The lowest BCUT2D eigenvalue weighted by Crippen LogP contribution is -2.60. The van der Waals surface area contributed by atoms with Crippen molar-refractivity contribution in [3.63, 3.8) is 0 Å². The Labute approximate surface area is 370 Å². The Bertz CT molecular complexity index is 1100. The first-order valence-electron chi connectivity index (χ1n) is 24.7. The molecule has 61 heavy (non-hydrogen) atoms. The average Bonchev–Trinajstić information content (AvgIpc) is 3.25. The summed E-state index contributed by atoms with van der Waals surface area (Å²) in [6, 6.07) is -1.19. The summed E-state index contributed by atoms with van der Waals surface area (Å²) in [6.45, 7) is 3.32. The van der Waals surface area contributed by atoms with Crippen molar-refractivity contribution in [1.29, 1.82) is 0 Å². The van der Waals surface area contributed by atoms with Crippen LogP contribution in [-0.4, -0.2) is 116 Å². The monoisotopic (exact) mass is 870 g/mol. The van der Waals surface area contributed by atoms with Gasteiger partial charge in [0.1, 0.15) is 36.6 Å². The lowest BCUT2D eigenvalue weighted by Gasteiger charge is -2.40. The van der Waals surface area contributed by atoms with Gasteiger partial charge in [0.15, 0.2) is 12.1 Å². The molecule has 0 saturated carbocycles. The molecule has 1 fully saturated rings. The molecule has 0 aliphatic carbocycles. The van der Waals surface area contributed by atoms with Crippen LogP contribution in [0.5, 0.6) is 0 Å². The van der Waals surface area contributed by atoms with Gasteiger partial charge in [-0.25, -0.2) is 0 Å². The van der Waals surface area contributed by atoms with Crippen molar-refractivity contribution in [3.8, 4) is 0 Å². The fraction of sp³-hybridized carbons (Fsp3) is 0.878. The normalized spacial score (nSPS) is 21.6. The number of amides is 1. The van der Waals surface area contributed by atoms with Gasteiger partial charge >= 0.3 is 0 Å². The highest BCUT2D eigenvalue weighted by Gasteiger charge is 2.44. The number of ketones is 1. The van der Waals surface area contributed by atoms with Crippen LogP contribution in [0.25, 0.3) is 0 Å². The predicted molar refractivity (Wildman–Crippen MR) is 243 cm³/mol. The fourth-order valence-corrected chi connectivity index (χ4v) is 7.76. The topological polar surface area (TPSA) is 206 Å². The number of ether oxygens (including phenoxy) is 2.